The number of sulfonamides is 1. The number of hydrogen-bond donors (Lipinski definition) is 3. The van der Waals surface area contributed by atoms with Crippen LogP contribution in [-0.4, -0.2) is 18.3 Å². The number of rotatable bonds is 6. The van der Waals surface area contributed by atoms with Gasteiger partial charge >= 0.3 is 0 Å². The molecule has 0 fully saturated rings. The number of nitrogens with one attached hydrogen (secondary N) is 2. The first-order valence-corrected chi connectivity index (χ1v) is 12.3. The summed E-state index contributed by atoms with van der Waals surface area (Å²) in [6, 6.07) is 23.2. The van der Waals surface area contributed by atoms with Crippen molar-refractivity contribution >= 4 is 15.7 Å². The lowest BCUT2D eigenvalue weighted by Crippen LogP contribution is -2.99. The van der Waals surface area contributed by atoms with Crippen LogP contribution < -0.4 is 15.6 Å². The minimum atomic E-state index is -4.29. The lowest BCUT2D eigenvalue weighted by molar-refractivity contribution is -0.991. The molecule has 11 heteroatoms. The summed E-state index contributed by atoms with van der Waals surface area (Å²) in [5.74, 6) is 0. The van der Waals surface area contributed by atoms with Gasteiger partial charge in [0.15, 0.2) is 5.69 Å². The SMILES string of the molecule is Cc1ccc(-c2c(C#N)c(-c3ccc([NH+]([O-])O)cc3)c(C#N)c(=O)n2NS(=O)(=O)c2ccccc2)cc1. The summed E-state index contributed by atoms with van der Waals surface area (Å²) in [4.78, 5) is 15.7. The maximum atomic E-state index is 13.6. The third-order valence-electron chi connectivity index (χ3n) is 5.61. The lowest BCUT2D eigenvalue weighted by atomic mass is 9.92. The average molecular weight is 514 g/mol. The fourth-order valence-corrected chi connectivity index (χ4v) is 4.84. The molecule has 1 atom stereocenters. The number of hydrogen-bond acceptors (Lipinski definition) is 7. The highest BCUT2D eigenvalue weighted by Gasteiger charge is 2.27. The van der Waals surface area contributed by atoms with Gasteiger partial charge in [-0.15, -0.1) is 0 Å². The Morgan fingerprint density at radius 1 is 0.892 bits per heavy atom. The third-order valence-corrected chi connectivity index (χ3v) is 6.93. The second-order valence-electron chi connectivity index (χ2n) is 7.99. The average Bonchev–Trinajstić information content (AvgIpc) is 2.90. The number of aromatic nitrogens is 1. The van der Waals surface area contributed by atoms with Crippen molar-refractivity contribution in [1.29, 1.82) is 10.5 Å². The molecule has 4 aromatic rings. The molecule has 3 aromatic carbocycles. The van der Waals surface area contributed by atoms with Crippen molar-refractivity contribution < 1.29 is 18.9 Å². The molecule has 1 heterocycles. The van der Waals surface area contributed by atoms with E-state index < -0.39 is 26.4 Å². The number of benzene rings is 3. The minimum Gasteiger partial charge on any atom is -0.595 e. The van der Waals surface area contributed by atoms with E-state index in [0.29, 0.717) is 10.2 Å². The third kappa shape index (κ3) is 4.84. The van der Waals surface area contributed by atoms with Gasteiger partial charge in [-0.1, -0.05) is 48.0 Å². The Labute approximate surface area is 212 Å². The Morgan fingerprint density at radius 3 is 2.00 bits per heavy atom. The lowest BCUT2D eigenvalue weighted by Gasteiger charge is -2.20. The van der Waals surface area contributed by atoms with E-state index in [1.165, 1.54) is 48.5 Å². The molecule has 3 N–H and O–H groups in total. The summed E-state index contributed by atoms with van der Waals surface area (Å²) in [6.07, 6.45) is 0. The van der Waals surface area contributed by atoms with Crippen LogP contribution in [0.15, 0.2) is 88.6 Å². The van der Waals surface area contributed by atoms with Gasteiger partial charge in [0.05, 0.1) is 16.2 Å². The molecule has 0 aliphatic rings. The van der Waals surface area contributed by atoms with Gasteiger partial charge in [0.2, 0.25) is 0 Å². The number of nitriles is 2. The van der Waals surface area contributed by atoms with E-state index in [0.717, 1.165) is 5.56 Å². The van der Waals surface area contributed by atoms with Crippen molar-refractivity contribution in [1.82, 2.24) is 4.68 Å². The van der Waals surface area contributed by atoms with Gasteiger partial charge in [-0.25, -0.2) is 14.7 Å². The standard InChI is InChI=1S/C26H19N5O5S/c1-17-7-9-19(10-8-17)25-22(15-27)24(18-11-13-20(14-12-18)31(33)34)23(16-28)26(32)30(25)29-37(35,36)21-5-3-2-4-6-21/h2-14,29,31,33H,1H3. The largest absolute Gasteiger partial charge is 0.595 e. The van der Waals surface area contributed by atoms with Gasteiger partial charge in [0, 0.05) is 23.3 Å². The van der Waals surface area contributed by atoms with Crippen LogP contribution in [0, 0.1) is 34.8 Å². The zero-order valence-corrected chi connectivity index (χ0v) is 20.2. The van der Waals surface area contributed by atoms with Gasteiger partial charge in [-0.05, 0) is 36.8 Å². The number of pyridine rings is 1. The normalized spacial score (nSPS) is 11.8. The molecule has 37 heavy (non-hydrogen) atoms. The van der Waals surface area contributed by atoms with Crippen LogP contribution in [0.25, 0.3) is 22.4 Å². The Balaban J connectivity index is 2.08. The second-order valence-corrected chi connectivity index (χ2v) is 9.65. The molecule has 0 spiro atoms. The molecule has 0 amide bonds. The van der Waals surface area contributed by atoms with Crippen LogP contribution in [0.5, 0.6) is 0 Å². The molecule has 10 nitrogen and oxygen atoms in total. The topological polar surface area (TPSA) is 163 Å². The summed E-state index contributed by atoms with van der Waals surface area (Å²) in [5.41, 5.74) is -0.243. The molecule has 0 bridgehead atoms. The zero-order valence-electron chi connectivity index (χ0n) is 19.3. The predicted molar refractivity (Wildman–Crippen MR) is 135 cm³/mol. The molecular weight excluding hydrogens is 494 g/mol. The molecular formula is C26H19N5O5S. The van der Waals surface area contributed by atoms with Gasteiger partial charge in [0.1, 0.15) is 17.7 Å². The van der Waals surface area contributed by atoms with E-state index in [1.807, 2.05) is 13.0 Å². The number of quaternary nitrogens is 1. The molecule has 0 aliphatic carbocycles. The fraction of sp³-hybridized carbons (Fsp3) is 0.0385. The van der Waals surface area contributed by atoms with Crippen LogP contribution in [-0.2, 0) is 10.0 Å². The summed E-state index contributed by atoms with van der Waals surface area (Å²) in [7, 11) is -4.29. The quantitative estimate of drug-likeness (QED) is 0.334. The predicted octanol–water partition coefficient (Wildman–Crippen LogP) is 2.57. The van der Waals surface area contributed by atoms with Gasteiger partial charge in [-0.2, -0.15) is 24.2 Å². The highest BCUT2D eigenvalue weighted by Crippen LogP contribution is 2.33. The van der Waals surface area contributed by atoms with Crippen molar-refractivity contribution in [3.8, 4) is 34.5 Å². The molecule has 184 valence electrons. The van der Waals surface area contributed by atoms with Gasteiger partial charge in [0.25, 0.3) is 15.6 Å². The molecule has 4 rings (SSSR count). The summed E-state index contributed by atoms with van der Waals surface area (Å²) < 4.78 is 27.0. The molecule has 0 aliphatic heterocycles. The minimum absolute atomic E-state index is 0.0245. The van der Waals surface area contributed by atoms with Crippen molar-refractivity contribution in [2.24, 2.45) is 0 Å². The molecule has 1 aromatic heterocycles. The van der Waals surface area contributed by atoms with E-state index in [9.17, 15) is 34.2 Å². The molecule has 0 radical (unpaired) electrons. The first-order chi connectivity index (χ1) is 17.7. The molecule has 0 saturated carbocycles. The number of nitrogens with zero attached hydrogens (tertiary/aromatic N) is 3. The highest BCUT2D eigenvalue weighted by molar-refractivity contribution is 7.92. The fourth-order valence-electron chi connectivity index (χ4n) is 3.80. The van der Waals surface area contributed by atoms with Crippen LogP contribution in [0.2, 0.25) is 0 Å². The maximum absolute atomic E-state index is 13.6. The van der Waals surface area contributed by atoms with E-state index in [1.54, 1.807) is 36.4 Å². The number of aryl methyl sites for hydroxylation is 1. The monoisotopic (exact) mass is 513 g/mol. The van der Waals surface area contributed by atoms with Gasteiger partial charge in [-0.3, -0.25) is 4.79 Å². The first-order valence-electron chi connectivity index (χ1n) is 10.8. The van der Waals surface area contributed by atoms with Crippen LogP contribution >= 0.6 is 0 Å². The summed E-state index contributed by atoms with van der Waals surface area (Å²) in [6.45, 7) is 1.84. The zero-order chi connectivity index (χ0) is 26.7. The van der Waals surface area contributed by atoms with Gasteiger partial charge < -0.3 is 5.21 Å². The van der Waals surface area contributed by atoms with E-state index in [2.05, 4.69) is 4.83 Å². The molecule has 0 saturated heterocycles. The Hall–Kier alpha value is -4.78. The summed E-state index contributed by atoms with van der Waals surface area (Å²) >= 11 is 0. The Kier molecular flexibility index (Phi) is 6.89. The Bertz CT molecular complexity index is 1720. The highest BCUT2D eigenvalue weighted by atomic mass is 32.2. The summed E-state index contributed by atoms with van der Waals surface area (Å²) in [5, 5.41) is 39.5. The smallest absolute Gasteiger partial charge is 0.288 e. The van der Waals surface area contributed by atoms with Crippen molar-refractivity contribution in [2.75, 3.05) is 4.83 Å². The van der Waals surface area contributed by atoms with Crippen LogP contribution in [0.1, 0.15) is 16.7 Å². The second kappa shape index (κ2) is 10.1. The van der Waals surface area contributed by atoms with E-state index >= 15 is 0 Å². The maximum Gasteiger partial charge on any atom is 0.288 e. The van der Waals surface area contributed by atoms with E-state index in [4.69, 9.17) is 0 Å². The van der Waals surface area contributed by atoms with Crippen molar-refractivity contribution in [2.45, 2.75) is 11.8 Å². The van der Waals surface area contributed by atoms with Crippen molar-refractivity contribution in [3.05, 3.63) is 111 Å². The van der Waals surface area contributed by atoms with Crippen LogP contribution in [0.4, 0.5) is 5.69 Å². The molecule has 1 unspecified atom stereocenters. The van der Waals surface area contributed by atoms with Crippen LogP contribution in [0.3, 0.4) is 0 Å². The van der Waals surface area contributed by atoms with E-state index in [-0.39, 0.29) is 33.0 Å². The first kappa shape index (κ1) is 25.3. The van der Waals surface area contributed by atoms with Crippen molar-refractivity contribution in [3.63, 3.8) is 0 Å². The Morgan fingerprint density at radius 2 is 1.46 bits per heavy atom.